The summed E-state index contributed by atoms with van der Waals surface area (Å²) in [6.07, 6.45) is 1.15. The number of hydrogen-bond acceptors (Lipinski definition) is 3. The number of ether oxygens (including phenoxy) is 1. The van der Waals surface area contributed by atoms with E-state index in [0.717, 1.165) is 23.0 Å². The summed E-state index contributed by atoms with van der Waals surface area (Å²) in [7, 11) is 0. The molecule has 0 atom stereocenters. The smallest absolute Gasteiger partial charge is 0.315 e. The van der Waals surface area contributed by atoms with Crippen LogP contribution in [0.25, 0.3) is 11.1 Å². The molecule has 0 aromatic heterocycles. The maximum absolute atomic E-state index is 11.2. The van der Waals surface area contributed by atoms with Gasteiger partial charge < -0.3 is 4.74 Å². The zero-order valence-corrected chi connectivity index (χ0v) is 9.55. The van der Waals surface area contributed by atoms with E-state index in [1.165, 1.54) is 0 Å². The highest BCUT2D eigenvalue weighted by Gasteiger charge is 2.20. The molecule has 0 radical (unpaired) electrons. The molecule has 0 aliphatic carbocycles. The molecule has 2 aromatic rings. The summed E-state index contributed by atoms with van der Waals surface area (Å²) in [6, 6.07) is 13.0. The van der Waals surface area contributed by atoms with Gasteiger partial charge in [-0.2, -0.15) is 0 Å². The molecule has 0 N–H and O–H groups in total. The molecule has 0 saturated carbocycles. The molecule has 0 amide bonds. The van der Waals surface area contributed by atoms with Gasteiger partial charge in [0.15, 0.2) is 0 Å². The summed E-state index contributed by atoms with van der Waals surface area (Å²) < 4.78 is 5.05. The number of aldehydes is 1. The lowest BCUT2D eigenvalue weighted by Gasteiger charge is -2.04. The van der Waals surface area contributed by atoms with Gasteiger partial charge in [0.1, 0.15) is 12.0 Å². The van der Waals surface area contributed by atoms with Crippen LogP contribution >= 0.6 is 0 Å². The Labute approximate surface area is 104 Å². The van der Waals surface area contributed by atoms with Crippen LogP contribution in [0.2, 0.25) is 0 Å². The second-order valence-electron chi connectivity index (χ2n) is 4.21. The number of fused-ring (bicyclic) bond motifs is 1. The third kappa shape index (κ3) is 1.80. The van der Waals surface area contributed by atoms with Crippen molar-refractivity contribution in [3.63, 3.8) is 0 Å². The Bertz CT molecular complexity index is 627. The molecule has 0 spiro atoms. The van der Waals surface area contributed by atoms with Gasteiger partial charge in [0.2, 0.25) is 0 Å². The normalized spacial score (nSPS) is 13.0. The maximum Gasteiger partial charge on any atom is 0.315 e. The van der Waals surface area contributed by atoms with E-state index in [0.29, 0.717) is 17.7 Å². The number of hydrogen-bond donors (Lipinski definition) is 0. The molecule has 18 heavy (non-hydrogen) atoms. The lowest BCUT2D eigenvalue weighted by molar-refractivity contribution is -0.131. The lowest BCUT2D eigenvalue weighted by atomic mass is 10.0. The minimum Gasteiger partial charge on any atom is -0.426 e. The largest absolute Gasteiger partial charge is 0.426 e. The zero-order chi connectivity index (χ0) is 12.5. The Morgan fingerprint density at radius 3 is 2.44 bits per heavy atom. The fraction of sp³-hybridized carbons (Fsp3) is 0.0667. The molecule has 88 valence electrons. The van der Waals surface area contributed by atoms with Gasteiger partial charge in [0.25, 0.3) is 0 Å². The number of carbonyl (C=O) groups excluding carboxylic acids is 2. The fourth-order valence-electron chi connectivity index (χ4n) is 2.07. The van der Waals surface area contributed by atoms with Crippen LogP contribution in [0, 0.1) is 0 Å². The standard InChI is InChI=1S/C15H10O3/c16-9-10-1-3-11(4-2-10)12-5-6-14-13(7-12)8-15(17)18-14/h1-7,9H,8H2. The second-order valence-corrected chi connectivity index (χ2v) is 4.21. The Morgan fingerprint density at radius 1 is 1.00 bits per heavy atom. The molecule has 3 rings (SSSR count). The van der Waals surface area contributed by atoms with E-state index in [1.54, 1.807) is 12.1 Å². The van der Waals surface area contributed by atoms with Crippen LogP contribution in [-0.2, 0) is 11.2 Å². The van der Waals surface area contributed by atoms with Crippen LogP contribution in [0.4, 0.5) is 0 Å². The van der Waals surface area contributed by atoms with Crippen molar-refractivity contribution >= 4 is 12.3 Å². The average Bonchev–Trinajstić information content (AvgIpc) is 2.78. The van der Waals surface area contributed by atoms with E-state index in [4.69, 9.17) is 4.74 Å². The molecule has 1 aliphatic heterocycles. The summed E-state index contributed by atoms with van der Waals surface area (Å²) in [5, 5.41) is 0. The highest BCUT2D eigenvalue weighted by Crippen LogP contribution is 2.30. The first-order valence-corrected chi connectivity index (χ1v) is 5.65. The molecule has 0 bridgehead atoms. The first-order valence-electron chi connectivity index (χ1n) is 5.65. The van der Waals surface area contributed by atoms with Crippen molar-refractivity contribution in [3.8, 4) is 16.9 Å². The molecule has 1 heterocycles. The van der Waals surface area contributed by atoms with Gasteiger partial charge in [-0.15, -0.1) is 0 Å². The quantitative estimate of drug-likeness (QED) is 0.459. The van der Waals surface area contributed by atoms with Crippen molar-refractivity contribution < 1.29 is 14.3 Å². The summed E-state index contributed by atoms with van der Waals surface area (Å²) in [5.74, 6) is 0.437. The zero-order valence-electron chi connectivity index (χ0n) is 9.55. The Hall–Kier alpha value is -2.42. The van der Waals surface area contributed by atoms with Crippen molar-refractivity contribution in [2.24, 2.45) is 0 Å². The highest BCUT2D eigenvalue weighted by atomic mass is 16.5. The monoisotopic (exact) mass is 238 g/mol. The molecular weight excluding hydrogens is 228 g/mol. The topological polar surface area (TPSA) is 43.4 Å². The SMILES string of the molecule is O=Cc1ccc(-c2ccc3c(c2)CC(=O)O3)cc1. The third-order valence-corrected chi connectivity index (χ3v) is 3.00. The average molecular weight is 238 g/mol. The van der Waals surface area contributed by atoms with Gasteiger partial charge in [0, 0.05) is 11.1 Å². The van der Waals surface area contributed by atoms with Gasteiger partial charge in [-0.3, -0.25) is 9.59 Å². The van der Waals surface area contributed by atoms with Crippen LogP contribution in [0.1, 0.15) is 15.9 Å². The van der Waals surface area contributed by atoms with Crippen LogP contribution in [0.15, 0.2) is 42.5 Å². The fourth-order valence-corrected chi connectivity index (χ4v) is 2.07. The van der Waals surface area contributed by atoms with Crippen molar-refractivity contribution in [1.29, 1.82) is 0 Å². The maximum atomic E-state index is 11.2. The minimum atomic E-state index is -0.210. The van der Waals surface area contributed by atoms with Crippen LogP contribution < -0.4 is 4.74 Å². The van der Waals surface area contributed by atoms with Crippen LogP contribution in [-0.4, -0.2) is 12.3 Å². The molecule has 1 aliphatic rings. The van der Waals surface area contributed by atoms with Crippen molar-refractivity contribution in [1.82, 2.24) is 0 Å². The molecule has 0 unspecified atom stereocenters. The van der Waals surface area contributed by atoms with E-state index in [2.05, 4.69) is 0 Å². The summed E-state index contributed by atoms with van der Waals surface area (Å²) in [6.45, 7) is 0. The van der Waals surface area contributed by atoms with Gasteiger partial charge in [-0.1, -0.05) is 30.3 Å². The molecule has 0 fully saturated rings. The Kier molecular flexibility index (Phi) is 2.45. The number of benzene rings is 2. The van der Waals surface area contributed by atoms with Crippen molar-refractivity contribution in [2.75, 3.05) is 0 Å². The van der Waals surface area contributed by atoms with E-state index in [1.807, 2.05) is 30.3 Å². The highest BCUT2D eigenvalue weighted by molar-refractivity contribution is 5.83. The van der Waals surface area contributed by atoms with Crippen molar-refractivity contribution in [3.05, 3.63) is 53.6 Å². The first kappa shape index (κ1) is 10.7. The Morgan fingerprint density at radius 2 is 1.72 bits per heavy atom. The number of esters is 1. The van der Waals surface area contributed by atoms with Crippen molar-refractivity contribution in [2.45, 2.75) is 6.42 Å². The molecule has 3 heteroatoms. The molecular formula is C15H10O3. The van der Waals surface area contributed by atoms with Gasteiger partial charge in [-0.05, 0) is 23.3 Å². The third-order valence-electron chi connectivity index (χ3n) is 3.00. The number of carbonyl (C=O) groups is 2. The number of rotatable bonds is 2. The predicted octanol–water partition coefficient (Wildman–Crippen LogP) is 2.63. The molecule has 2 aromatic carbocycles. The Balaban J connectivity index is 1.99. The molecule has 0 saturated heterocycles. The van der Waals surface area contributed by atoms with Gasteiger partial charge >= 0.3 is 5.97 Å². The summed E-state index contributed by atoms with van der Waals surface area (Å²) in [4.78, 5) is 21.8. The van der Waals surface area contributed by atoms with Gasteiger partial charge in [-0.25, -0.2) is 0 Å². The van der Waals surface area contributed by atoms with Gasteiger partial charge in [0.05, 0.1) is 6.42 Å². The van der Waals surface area contributed by atoms with Crippen LogP contribution in [0.3, 0.4) is 0 Å². The summed E-state index contributed by atoms with van der Waals surface area (Å²) >= 11 is 0. The lowest BCUT2D eigenvalue weighted by Crippen LogP contribution is -1.99. The summed E-state index contributed by atoms with van der Waals surface area (Å²) in [5.41, 5.74) is 3.60. The van der Waals surface area contributed by atoms with E-state index in [9.17, 15) is 9.59 Å². The van der Waals surface area contributed by atoms with E-state index >= 15 is 0 Å². The molecule has 3 nitrogen and oxygen atoms in total. The second kappa shape index (κ2) is 4.11. The predicted molar refractivity (Wildman–Crippen MR) is 66.6 cm³/mol. The minimum absolute atomic E-state index is 0.210. The van der Waals surface area contributed by atoms with E-state index in [-0.39, 0.29) is 5.97 Å². The first-order chi connectivity index (χ1) is 8.76. The van der Waals surface area contributed by atoms with Crippen LogP contribution in [0.5, 0.6) is 5.75 Å². The van der Waals surface area contributed by atoms with E-state index < -0.39 is 0 Å².